The van der Waals surface area contributed by atoms with E-state index in [0.29, 0.717) is 5.41 Å². The van der Waals surface area contributed by atoms with E-state index in [9.17, 15) is 0 Å². The van der Waals surface area contributed by atoms with Crippen LogP contribution < -0.4 is 0 Å². The number of benzene rings is 1. The molecule has 2 aromatic rings. The molecule has 1 heteroatoms. The molecular weight excluding hydrogens is 280 g/mol. The van der Waals surface area contributed by atoms with Gasteiger partial charge in [0.25, 0.3) is 0 Å². The van der Waals surface area contributed by atoms with E-state index in [1.165, 1.54) is 0 Å². The van der Waals surface area contributed by atoms with Crippen LogP contribution in [0.25, 0.3) is 23.1 Å². The maximum Gasteiger partial charge on any atom is 0.135 e. The molecule has 130 valence electrons. The van der Waals surface area contributed by atoms with E-state index >= 15 is 0 Å². The van der Waals surface area contributed by atoms with Gasteiger partial charge in [0.15, 0.2) is 0 Å². The highest BCUT2D eigenvalue weighted by molar-refractivity contribution is 5.90. The van der Waals surface area contributed by atoms with E-state index in [4.69, 9.17) is 4.42 Å². The van der Waals surface area contributed by atoms with Crippen molar-refractivity contribution in [3.8, 4) is 0 Å². The lowest BCUT2D eigenvalue weighted by Crippen LogP contribution is -1.93. The second-order valence-electron chi connectivity index (χ2n) is 6.08. The summed E-state index contributed by atoms with van der Waals surface area (Å²) < 4.78 is 5.63. The summed E-state index contributed by atoms with van der Waals surface area (Å²) in [5.41, 5.74) is 2.52. The molecular formula is C22H36O. The first kappa shape index (κ1) is 23.5. The quantitative estimate of drug-likeness (QED) is 0.544. The Morgan fingerprint density at radius 3 is 1.87 bits per heavy atom. The smallest absolute Gasteiger partial charge is 0.135 e. The third-order valence-electron chi connectivity index (χ3n) is 2.18. The van der Waals surface area contributed by atoms with Crippen LogP contribution in [0.15, 0.2) is 41.3 Å². The molecule has 23 heavy (non-hydrogen) atoms. The first-order valence-corrected chi connectivity index (χ1v) is 8.63. The molecule has 0 N–H and O–H groups in total. The summed E-state index contributed by atoms with van der Waals surface area (Å²) >= 11 is 0. The van der Waals surface area contributed by atoms with Crippen LogP contribution in [0.3, 0.4) is 0 Å². The van der Waals surface area contributed by atoms with Crippen LogP contribution in [0.5, 0.6) is 0 Å². The fourth-order valence-electron chi connectivity index (χ4n) is 1.57. The molecule has 0 aliphatic carbocycles. The molecule has 0 bridgehead atoms. The van der Waals surface area contributed by atoms with Crippen molar-refractivity contribution >= 4 is 23.1 Å². The molecule has 0 spiro atoms. The van der Waals surface area contributed by atoms with Crippen LogP contribution in [0, 0.1) is 5.41 Å². The number of hydrogen-bond acceptors (Lipinski definition) is 1. The number of para-hydroxylation sites is 1. The number of hydrogen-bond donors (Lipinski definition) is 0. The summed E-state index contributed by atoms with van der Waals surface area (Å²) in [4.78, 5) is 0. The number of rotatable bonds is 2. The maximum absolute atomic E-state index is 5.63. The van der Waals surface area contributed by atoms with Crippen molar-refractivity contribution in [2.24, 2.45) is 5.41 Å². The maximum atomic E-state index is 5.63. The van der Waals surface area contributed by atoms with Crippen molar-refractivity contribution in [3.63, 3.8) is 0 Å². The van der Waals surface area contributed by atoms with E-state index in [-0.39, 0.29) is 0 Å². The summed E-state index contributed by atoms with van der Waals surface area (Å²) in [6.45, 7) is 22.5. The minimum absolute atomic E-state index is 0.500. The van der Waals surface area contributed by atoms with Gasteiger partial charge < -0.3 is 4.42 Å². The van der Waals surface area contributed by atoms with Gasteiger partial charge in [0, 0.05) is 10.9 Å². The van der Waals surface area contributed by atoms with Gasteiger partial charge in [-0.25, -0.2) is 0 Å². The summed E-state index contributed by atoms with van der Waals surface area (Å²) in [7, 11) is 0. The monoisotopic (exact) mass is 316 g/mol. The van der Waals surface area contributed by atoms with Crippen LogP contribution in [0.1, 0.15) is 73.6 Å². The normalized spacial score (nSPS) is 9.96. The van der Waals surface area contributed by atoms with E-state index in [1.807, 2.05) is 65.0 Å². The lowest BCUT2D eigenvalue weighted by atomic mass is 10.0. The van der Waals surface area contributed by atoms with Crippen molar-refractivity contribution in [2.75, 3.05) is 0 Å². The lowest BCUT2D eigenvalue weighted by molar-refractivity contribution is 0.469. The zero-order valence-electron chi connectivity index (χ0n) is 16.7. The summed E-state index contributed by atoms with van der Waals surface area (Å²) in [6, 6.07) is 8.01. The SMILES string of the molecule is C=Cc1oc2ccccc2c1/C=C\C.CC.CC.CC(C)(C)C. The molecule has 0 saturated heterocycles. The number of fused-ring (bicyclic) bond motifs is 1. The molecule has 0 atom stereocenters. The molecule has 0 aliphatic heterocycles. The van der Waals surface area contributed by atoms with Crippen LogP contribution in [0.2, 0.25) is 0 Å². The number of allylic oxidation sites excluding steroid dienone is 1. The molecule has 1 aromatic heterocycles. The molecule has 0 unspecified atom stereocenters. The van der Waals surface area contributed by atoms with Crippen LogP contribution in [-0.2, 0) is 0 Å². The molecule has 0 radical (unpaired) electrons. The Morgan fingerprint density at radius 1 is 0.957 bits per heavy atom. The van der Waals surface area contributed by atoms with Gasteiger partial charge >= 0.3 is 0 Å². The van der Waals surface area contributed by atoms with Gasteiger partial charge in [0.05, 0.1) is 0 Å². The minimum atomic E-state index is 0.500. The zero-order chi connectivity index (χ0) is 18.5. The Labute approximate surface area is 144 Å². The average molecular weight is 317 g/mol. The Hall–Kier alpha value is -1.76. The van der Waals surface area contributed by atoms with Crippen LogP contribution in [-0.4, -0.2) is 0 Å². The Kier molecular flexibility index (Phi) is 13.0. The fraction of sp³-hybridized carbons (Fsp3) is 0.455. The van der Waals surface area contributed by atoms with Crippen molar-refractivity contribution in [1.82, 2.24) is 0 Å². The Morgan fingerprint density at radius 2 is 1.43 bits per heavy atom. The van der Waals surface area contributed by atoms with E-state index in [2.05, 4.69) is 40.3 Å². The van der Waals surface area contributed by atoms with E-state index in [1.54, 1.807) is 6.08 Å². The molecule has 1 nitrogen and oxygen atoms in total. The highest BCUT2D eigenvalue weighted by Gasteiger charge is 2.07. The third kappa shape index (κ3) is 9.78. The summed E-state index contributed by atoms with van der Waals surface area (Å²) in [6.07, 6.45) is 5.79. The van der Waals surface area contributed by atoms with E-state index < -0.39 is 0 Å². The molecule has 1 heterocycles. The largest absolute Gasteiger partial charge is 0.456 e. The minimum Gasteiger partial charge on any atom is -0.456 e. The van der Waals surface area contributed by atoms with Gasteiger partial charge in [0.2, 0.25) is 0 Å². The van der Waals surface area contributed by atoms with Gasteiger partial charge in [0.1, 0.15) is 11.3 Å². The van der Waals surface area contributed by atoms with Gasteiger partial charge in [-0.15, -0.1) is 0 Å². The summed E-state index contributed by atoms with van der Waals surface area (Å²) in [5, 5.41) is 1.14. The first-order chi connectivity index (χ1) is 10.9. The standard InChI is InChI=1S/C13H12O.C5H12.2C2H6/c1-3-7-10-11-8-5-6-9-13(11)14-12(10)4-2;1-5(2,3)4;2*1-2/h3-9H,2H2,1H3;1-4H3;2*1-2H3/b7-3-;;;. The predicted octanol–water partition coefficient (Wildman–Crippen LogP) is 8.21. The van der Waals surface area contributed by atoms with Crippen molar-refractivity contribution < 1.29 is 4.42 Å². The van der Waals surface area contributed by atoms with Crippen molar-refractivity contribution in [1.29, 1.82) is 0 Å². The van der Waals surface area contributed by atoms with Gasteiger partial charge in [-0.2, -0.15) is 0 Å². The van der Waals surface area contributed by atoms with Crippen LogP contribution in [0.4, 0.5) is 0 Å². The fourth-order valence-corrected chi connectivity index (χ4v) is 1.57. The average Bonchev–Trinajstić information content (AvgIpc) is 2.88. The topological polar surface area (TPSA) is 13.1 Å². The highest BCUT2D eigenvalue weighted by atomic mass is 16.3. The number of furan rings is 1. The van der Waals surface area contributed by atoms with Gasteiger partial charge in [-0.1, -0.05) is 92.3 Å². The lowest BCUT2D eigenvalue weighted by Gasteiger charge is -2.05. The molecule has 2 rings (SSSR count). The molecule has 0 aliphatic rings. The first-order valence-electron chi connectivity index (χ1n) is 8.63. The molecule has 1 aromatic carbocycles. The van der Waals surface area contributed by atoms with Crippen molar-refractivity contribution in [3.05, 3.63) is 48.2 Å². The van der Waals surface area contributed by atoms with Gasteiger partial charge in [-0.05, 0) is 24.5 Å². The Bertz CT molecular complexity index is 559. The highest BCUT2D eigenvalue weighted by Crippen LogP contribution is 2.27. The Balaban J connectivity index is 0. The van der Waals surface area contributed by atoms with Gasteiger partial charge in [-0.3, -0.25) is 0 Å². The molecule has 0 saturated carbocycles. The summed E-state index contributed by atoms with van der Waals surface area (Å²) in [5.74, 6) is 0.837. The second kappa shape index (κ2) is 12.8. The zero-order valence-corrected chi connectivity index (χ0v) is 16.7. The van der Waals surface area contributed by atoms with E-state index in [0.717, 1.165) is 22.3 Å². The van der Waals surface area contributed by atoms with Crippen molar-refractivity contribution in [2.45, 2.75) is 62.3 Å². The third-order valence-corrected chi connectivity index (χ3v) is 2.18. The molecule has 0 amide bonds. The van der Waals surface area contributed by atoms with Crippen LogP contribution >= 0.6 is 0 Å². The predicted molar refractivity (Wildman–Crippen MR) is 109 cm³/mol. The second-order valence-corrected chi connectivity index (χ2v) is 6.08. The molecule has 0 fully saturated rings.